The van der Waals surface area contributed by atoms with Crippen molar-refractivity contribution < 1.29 is 23.5 Å². The highest BCUT2D eigenvalue weighted by atomic mass is 32.1. The van der Waals surface area contributed by atoms with Crippen molar-refractivity contribution in [3.8, 4) is 0 Å². The van der Waals surface area contributed by atoms with Crippen LogP contribution in [0.15, 0.2) is 60.0 Å². The van der Waals surface area contributed by atoms with Gasteiger partial charge in [-0.15, -0.1) is 11.3 Å². The molecule has 0 aliphatic rings. The summed E-state index contributed by atoms with van der Waals surface area (Å²) in [5, 5.41) is 4.74. The van der Waals surface area contributed by atoms with Crippen LogP contribution in [0.1, 0.15) is 36.2 Å². The van der Waals surface area contributed by atoms with Gasteiger partial charge in [0.1, 0.15) is 5.82 Å². The van der Waals surface area contributed by atoms with Crippen LogP contribution in [0.3, 0.4) is 0 Å². The Bertz CT molecular complexity index is 1210. The number of carbonyl (C=O) groups is 3. The van der Waals surface area contributed by atoms with Crippen LogP contribution < -0.4 is 10.2 Å². The molecule has 34 heavy (non-hydrogen) atoms. The number of halogens is 1. The normalized spacial score (nSPS) is 11.8. The van der Waals surface area contributed by atoms with Gasteiger partial charge in [-0.1, -0.05) is 42.0 Å². The number of hydrogen-bond donors (Lipinski definition) is 1. The van der Waals surface area contributed by atoms with Crippen molar-refractivity contribution in [2.75, 3.05) is 12.0 Å². The van der Waals surface area contributed by atoms with Gasteiger partial charge in [0.25, 0.3) is 0 Å². The number of rotatable bonds is 8. The molecular weight excluding hydrogens is 457 g/mol. The van der Waals surface area contributed by atoms with Gasteiger partial charge in [0.15, 0.2) is 5.13 Å². The monoisotopic (exact) mass is 481 g/mol. The maximum absolute atomic E-state index is 14.2. The second-order valence-corrected chi connectivity index (χ2v) is 8.28. The smallest absolute Gasteiger partial charge is 0.307 e. The average molecular weight is 482 g/mol. The zero-order valence-electron chi connectivity index (χ0n) is 18.9. The van der Waals surface area contributed by atoms with Crippen LogP contribution in [0.2, 0.25) is 0 Å². The lowest BCUT2D eigenvalue weighted by atomic mass is 10.0. The predicted octanol–water partition coefficient (Wildman–Crippen LogP) is 4.71. The van der Waals surface area contributed by atoms with Crippen molar-refractivity contribution >= 4 is 46.0 Å². The lowest BCUT2D eigenvalue weighted by molar-refractivity contribution is -0.141. The van der Waals surface area contributed by atoms with Crippen LogP contribution in [-0.2, 0) is 19.1 Å². The van der Waals surface area contributed by atoms with Crippen molar-refractivity contribution in [2.24, 2.45) is 0 Å². The Balaban J connectivity index is 1.75. The van der Waals surface area contributed by atoms with E-state index < -0.39 is 29.6 Å². The Morgan fingerprint density at radius 1 is 1.18 bits per heavy atom. The van der Waals surface area contributed by atoms with Crippen molar-refractivity contribution in [2.45, 2.75) is 26.3 Å². The minimum Gasteiger partial charge on any atom is -0.469 e. The van der Waals surface area contributed by atoms with Crippen LogP contribution in [0.4, 0.5) is 15.2 Å². The van der Waals surface area contributed by atoms with Crippen LogP contribution in [-0.4, -0.2) is 29.9 Å². The van der Waals surface area contributed by atoms with Crippen molar-refractivity contribution in [3.63, 3.8) is 0 Å². The lowest BCUT2D eigenvalue weighted by Gasteiger charge is -2.18. The molecule has 2 aromatic carbocycles. The van der Waals surface area contributed by atoms with Crippen molar-refractivity contribution in [3.05, 3.63) is 82.6 Å². The number of carbonyl (C=O) groups excluding carboxylic acids is 3. The third-order valence-electron chi connectivity index (χ3n) is 4.91. The summed E-state index contributed by atoms with van der Waals surface area (Å²) in [5.41, 5.74) is 2.36. The fourth-order valence-electron chi connectivity index (χ4n) is 3.18. The average Bonchev–Trinajstić information content (AvgIpc) is 3.27. The van der Waals surface area contributed by atoms with Gasteiger partial charge in [-0.3, -0.25) is 19.3 Å². The molecule has 0 bridgehead atoms. The first kappa shape index (κ1) is 24.8. The summed E-state index contributed by atoms with van der Waals surface area (Å²) in [7, 11) is 1.29. The van der Waals surface area contributed by atoms with E-state index in [2.05, 4.69) is 10.3 Å². The number of hydrogen-bond acceptors (Lipinski definition) is 6. The first-order valence-electron chi connectivity index (χ1n) is 10.4. The number of benzene rings is 2. The Hall–Kier alpha value is -3.85. The molecule has 0 fully saturated rings. The molecule has 1 aromatic heterocycles. The van der Waals surface area contributed by atoms with E-state index in [1.54, 1.807) is 11.4 Å². The van der Waals surface area contributed by atoms with Gasteiger partial charge in [-0.05, 0) is 30.7 Å². The van der Waals surface area contributed by atoms with E-state index in [-0.39, 0.29) is 17.2 Å². The van der Waals surface area contributed by atoms with Crippen molar-refractivity contribution in [1.82, 2.24) is 10.3 Å². The molecule has 1 heterocycles. The van der Waals surface area contributed by atoms with E-state index >= 15 is 0 Å². The van der Waals surface area contributed by atoms with E-state index in [0.717, 1.165) is 22.5 Å². The first-order valence-corrected chi connectivity index (χ1v) is 11.3. The van der Waals surface area contributed by atoms with Gasteiger partial charge in [-0.2, -0.15) is 0 Å². The molecule has 0 aliphatic heterocycles. The van der Waals surface area contributed by atoms with E-state index in [1.807, 2.05) is 31.2 Å². The van der Waals surface area contributed by atoms with E-state index in [9.17, 15) is 18.8 Å². The van der Waals surface area contributed by atoms with Crippen LogP contribution in [0.25, 0.3) is 6.08 Å². The van der Waals surface area contributed by atoms with Gasteiger partial charge in [0.2, 0.25) is 11.8 Å². The largest absolute Gasteiger partial charge is 0.469 e. The molecule has 7 nitrogen and oxygen atoms in total. The maximum Gasteiger partial charge on any atom is 0.307 e. The van der Waals surface area contributed by atoms with E-state index in [4.69, 9.17) is 4.74 Å². The number of esters is 1. The molecule has 1 unspecified atom stereocenters. The molecule has 0 aliphatic carbocycles. The zero-order valence-corrected chi connectivity index (χ0v) is 19.8. The molecule has 0 saturated heterocycles. The second-order valence-electron chi connectivity index (χ2n) is 7.45. The highest BCUT2D eigenvalue weighted by Gasteiger charge is 2.21. The SMILES string of the molecule is COC(=O)CC(NC(=O)/C=C/c1csc(N(C(C)=O)c2ccccc2F)n1)c1ccc(C)cc1. The summed E-state index contributed by atoms with van der Waals surface area (Å²) >= 11 is 1.15. The first-order chi connectivity index (χ1) is 16.3. The molecule has 1 N–H and O–H groups in total. The summed E-state index contributed by atoms with van der Waals surface area (Å²) in [6.07, 6.45) is 2.76. The maximum atomic E-state index is 14.2. The van der Waals surface area contributed by atoms with E-state index in [1.165, 1.54) is 49.3 Å². The number of methoxy groups -OCH3 is 1. The fraction of sp³-hybridized carbons (Fsp3) is 0.200. The highest BCUT2D eigenvalue weighted by Crippen LogP contribution is 2.31. The molecule has 3 rings (SSSR count). The Morgan fingerprint density at radius 2 is 1.88 bits per heavy atom. The second kappa shape index (κ2) is 11.3. The third kappa shape index (κ3) is 6.35. The summed E-state index contributed by atoms with van der Waals surface area (Å²) in [4.78, 5) is 42.1. The number of anilines is 2. The fourth-order valence-corrected chi connectivity index (χ4v) is 4.03. The number of nitrogens with zero attached hydrogens (tertiary/aromatic N) is 2. The van der Waals surface area contributed by atoms with Gasteiger partial charge >= 0.3 is 5.97 Å². The number of para-hydroxylation sites is 1. The standard InChI is InChI=1S/C25H24FN3O4S/c1-16-8-10-18(11-9-16)21(14-24(32)33-3)28-23(31)13-12-19-15-34-25(27-19)29(17(2)30)22-7-5-4-6-20(22)26/h4-13,15,21H,14H2,1-3H3,(H,28,31)/b13-12+. The molecular formula is C25H24FN3O4S. The topological polar surface area (TPSA) is 88.6 Å². The quantitative estimate of drug-likeness (QED) is 0.372. The van der Waals surface area contributed by atoms with Gasteiger partial charge in [-0.25, -0.2) is 9.37 Å². The number of aromatic nitrogens is 1. The Morgan fingerprint density at radius 3 is 2.53 bits per heavy atom. The lowest BCUT2D eigenvalue weighted by Crippen LogP contribution is -2.29. The van der Waals surface area contributed by atoms with Crippen molar-refractivity contribution in [1.29, 1.82) is 0 Å². The summed E-state index contributed by atoms with van der Waals surface area (Å²) < 4.78 is 19.0. The minimum atomic E-state index is -0.564. The van der Waals surface area contributed by atoms with Gasteiger partial charge in [0.05, 0.1) is 31.0 Å². The number of thiazole rings is 1. The van der Waals surface area contributed by atoms with Gasteiger partial charge in [0, 0.05) is 18.4 Å². The number of nitrogens with one attached hydrogen (secondary N) is 1. The van der Waals surface area contributed by atoms with Crippen LogP contribution >= 0.6 is 11.3 Å². The number of ether oxygens (including phenoxy) is 1. The molecule has 1 atom stereocenters. The zero-order chi connectivity index (χ0) is 24.7. The summed E-state index contributed by atoms with van der Waals surface area (Å²) in [6, 6.07) is 12.9. The number of amides is 2. The summed E-state index contributed by atoms with van der Waals surface area (Å²) in [5.74, 6) is -1.81. The van der Waals surface area contributed by atoms with E-state index in [0.29, 0.717) is 5.69 Å². The Kier molecular flexibility index (Phi) is 8.26. The minimum absolute atomic E-state index is 0.0177. The van der Waals surface area contributed by atoms with Crippen LogP contribution in [0.5, 0.6) is 0 Å². The molecule has 0 spiro atoms. The molecule has 2 amide bonds. The molecule has 0 radical (unpaired) electrons. The van der Waals surface area contributed by atoms with Crippen LogP contribution in [0, 0.1) is 12.7 Å². The molecule has 0 saturated carbocycles. The highest BCUT2D eigenvalue weighted by molar-refractivity contribution is 7.14. The molecule has 9 heteroatoms. The predicted molar refractivity (Wildman–Crippen MR) is 129 cm³/mol. The van der Waals surface area contributed by atoms with Gasteiger partial charge < -0.3 is 10.1 Å². The molecule has 3 aromatic rings. The Labute approximate surface area is 200 Å². The number of aryl methyl sites for hydroxylation is 1. The molecule has 176 valence electrons. The third-order valence-corrected chi connectivity index (χ3v) is 5.75. The summed E-state index contributed by atoms with van der Waals surface area (Å²) in [6.45, 7) is 3.27.